The summed E-state index contributed by atoms with van der Waals surface area (Å²) in [7, 11) is 0. The molecule has 0 aromatic carbocycles. The minimum Gasteiger partial charge on any atom is -0.481 e. The molecule has 1 rings (SSSR count). The number of rotatable bonds is 3. The van der Waals surface area contributed by atoms with Crippen LogP contribution in [0, 0.1) is 17.3 Å². The van der Waals surface area contributed by atoms with Crippen molar-refractivity contribution in [1.82, 2.24) is 0 Å². The number of halogens is 4. The second-order valence-corrected chi connectivity index (χ2v) is 5.06. The van der Waals surface area contributed by atoms with E-state index in [1.807, 2.05) is 0 Å². The highest BCUT2D eigenvalue weighted by Gasteiger charge is 2.61. The molecule has 0 heterocycles. The molecular formula is C9H10Cl2F2O2. The van der Waals surface area contributed by atoms with Gasteiger partial charge >= 0.3 is 11.4 Å². The molecular weight excluding hydrogens is 249 g/mol. The SMILES string of the molecule is CC1(C)[C@H](C=C(Cl)C(F)(F)Cl)[C@H]1C(=O)O. The third kappa shape index (κ3) is 2.42. The summed E-state index contributed by atoms with van der Waals surface area (Å²) < 4.78 is 25.0. The second kappa shape index (κ2) is 3.59. The van der Waals surface area contributed by atoms with Gasteiger partial charge in [0.05, 0.1) is 11.0 Å². The minimum atomic E-state index is -3.62. The third-order valence-corrected chi connectivity index (χ3v) is 3.44. The summed E-state index contributed by atoms with van der Waals surface area (Å²) in [4.78, 5) is 10.7. The zero-order valence-corrected chi connectivity index (χ0v) is 9.61. The van der Waals surface area contributed by atoms with Crippen LogP contribution in [0.4, 0.5) is 8.78 Å². The Labute approximate surface area is 95.9 Å². The lowest BCUT2D eigenvalue weighted by atomic mass is 10.1. The standard InChI is InChI=1S/C9H10Cl2F2O2/c1-8(2)4(6(8)7(14)15)3-5(10)9(11,12)13/h3-4,6H,1-2H3,(H,14,15)/t4-,6+/m1/s1. The van der Waals surface area contributed by atoms with E-state index in [1.165, 1.54) is 0 Å². The highest BCUT2D eigenvalue weighted by molar-refractivity contribution is 6.38. The maximum absolute atomic E-state index is 12.5. The van der Waals surface area contributed by atoms with Crippen LogP contribution in [-0.2, 0) is 4.79 Å². The van der Waals surface area contributed by atoms with Crippen molar-refractivity contribution in [2.75, 3.05) is 0 Å². The van der Waals surface area contributed by atoms with Gasteiger partial charge in [-0.1, -0.05) is 31.5 Å². The molecule has 0 aliphatic heterocycles. The van der Waals surface area contributed by atoms with E-state index in [0.717, 1.165) is 6.08 Å². The first-order valence-electron chi connectivity index (χ1n) is 4.26. The van der Waals surface area contributed by atoms with Crippen LogP contribution in [0.3, 0.4) is 0 Å². The molecule has 1 fully saturated rings. The third-order valence-electron chi connectivity index (χ3n) is 2.77. The average Bonchev–Trinajstić information content (AvgIpc) is 2.50. The zero-order valence-electron chi connectivity index (χ0n) is 8.10. The molecule has 2 atom stereocenters. The highest BCUT2D eigenvalue weighted by atomic mass is 35.5. The van der Waals surface area contributed by atoms with Crippen LogP contribution in [-0.4, -0.2) is 16.5 Å². The number of hydrogen-bond donors (Lipinski definition) is 1. The Balaban J connectivity index is 2.83. The van der Waals surface area contributed by atoms with Crippen LogP contribution in [0.25, 0.3) is 0 Å². The van der Waals surface area contributed by atoms with Crippen LogP contribution < -0.4 is 0 Å². The molecule has 1 saturated carbocycles. The quantitative estimate of drug-likeness (QED) is 0.789. The minimum absolute atomic E-state index is 0.493. The van der Waals surface area contributed by atoms with Gasteiger partial charge in [-0.15, -0.1) is 0 Å². The number of carbonyl (C=O) groups is 1. The van der Waals surface area contributed by atoms with Crippen molar-refractivity contribution in [1.29, 1.82) is 0 Å². The number of alkyl halides is 3. The van der Waals surface area contributed by atoms with E-state index in [9.17, 15) is 13.6 Å². The zero-order chi connectivity index (χ0) is 12.0. The molecule has 0 saturated heterocycles. The smallest absolute Gasteiger partial charge is 0.358 e. The number of allylic oxidation sites excluding steroid dienone is 2. The van der Waals surface area contributed by atoms with E-state index in [2.05, 4.69) is 0 Å². The van der Waals surface area contributed by atoms with Gasteiger partial charge in [0.2, 0.25) is 0 Å². The summed E-state index contributed by atoms with van der Waals surface area (Å²) in [6.45, 7) is 3.37. The van der Waals surface area contributed by atoms with Crippen molar-refractivity contribution in [3.63, 3.8) is 0 Å². The Hall–Kier alpha value is -0.350. The first-order valence-corrected chi connectivity index (χ1v) is 5.01. The van der Waals surface area contributed by atoms with Gasteiger partial charge in [0.15, 0.2) is 0 Å². The average molecular weight is 259 g/mol. The summed E-state index contributed by atoms with van der Waals surface area (Å²) in [6.07, 6.45) is 1.04. The fourth-order valence-corrected chi connectivity index (χ4v) is 1.91. The molecule has 1 N–H and O–H groups in total. The number of aliphatic carboxylic acids is 1. The number of hydrogen-bond acceptors (Lipinski definition) is 1. The molecule has 86 valence electrons. The number of carboxylic acids is 1. The molecule has 0 aromatic heterocycles. The molecule has 0 amide bonds. The molecule has 0 bridgehead atoms. The molecule has 1 aliphatic rings. The van der Waals surface area contributed by atoms with Gasteiger partial charge < -0.3 is 5.11 Å². The van der Waals surface area contributed by atoms with E-state index in [1.54, 1.807) is 13.8 Å². The topological polar surface area (TPSA) is 37.3 Å². The van der Waals surface area contributed by atoms with E-state index in [4.69, 9.17) is 28.3 Å². The lowest BCUT2D eigenvalue weighted by Gasteiger charge is -2.05. The van der Waals surface area contributed by atoms with Crippen LogP contribution in [0.2, 0.25) is 0 Å². The lowest BCUT2D eigenvalue weighted by molar-refractivity contribution is -0.139. The molecule has 15 heavy (non-hydrogen) atoms. The molecule has 0 unspecified atom stereocenters. The molecule has 0 aromatic rings. The monoisotopic (exact) mass is 258 g/mol. The summed E-state index contributed by atoms with van der Waals surface area (Å²) in [6, 6.07) is 0. The van der Waals surface area contributed by atoms with Crippen LogP contribution in [0.1, 0.15) is 13.8 Å². The highest BCUT2D eigenvalue weighted by Crippen LogP contribution is 2.60. The Morgan fingerprint density at radius 1 is 1.53 bits per heavy atom. The molecule has 6 heteroatoms. The summed E-state index contributed by atoms with van der Waals surface area (Å²) in [5.74, 6) is -2.18. The van der Waals surface area contributed by atoms with E-state index >= 15 is 0 Å². The van der Waals surface area contributed by atoms with E-state index < -0.39 is 33.6 Å². The van der Waals surface area contributed by atoms with Crippen LogP contribution in [0.15, 0.2) is 11.1 Å². The molecule has 0 spiro atoms. The molecule has 2 nitrogen and oxygen atoms in total. The summed E-state index contributed by atoms with van der Waals surface area (Å²) in [5.41, 5.74) is -0.548. The van der Waals surface area contributed by atoms with Gasteiger partial charge in [-0.2, -0.15) is 8.78 Å². The Kier molecular flexibility index (Phi) is 3.05. The van der Waals surface area contributed by atoms with Crippen molar-refractivity contribution in [2.24, 2.45) is 17.3 Å². The molecule has 1 aliphatic carbocycles. The summed E-state index contributed by atoms with van der Waals surface area (Å²) >= 11 is 9.97. The first kappa shape index (κ1) is 12.7. The molecule has 0 radical (unpaired) electrons. The fourth-order valence-electron chi connectivity index (χ4n) is 1.71. The predicted octanol–water partition coefficient (Wildman–Crippen LogP) is 3.30. The van der Waals surface area contributed by atoms with Crippen molar-refractivity contribution in [3.8, 4) is 0 Å². The summed E-state index contributed by atoms with van der Waals surface area (Å²) in [5, 5.41) is 4.35. The van der Waals surface area contributed by atoms with Gasteiger partial charge in [0, 0.05) is 0 Å². The van der Waals surface area contributed by atoms with Crippen molar-refractivity contribution in [2.45, 2.75) is 19.2 Å². The normalized spacial score (nSPS) is 30.1. The van der Waals surface area contributed by atoms with Crippen molar-refractivity contribution < 1.29 is 18.7 Å². The fraction of sp³-hybridized carbons (Fsp3) is 0.667. The van der Waals surface area contributed by atoms with E-state index in [0.29, 0.717) is 0 Å². The predicted molar refractivity (Wildman–Crippen MR) is 53.1 cm³/mol. The Bertz CT molecular complexity index is 321. The van der Waals surface area contributed by atoms with Gasteiger partial charge in [-0.3, -0.25) is 4.79 Å². The van der Waals surface area contributed by atoms with E-state index in [-0.39, 0.29) is 0 Å². The Morgan fingerprint density at radius 2 is 2.00 bits per heavy atom. The maximum Gasteiger partial charge on any atom is 0.358 e. The van der Waals surface area contributed by atoms with Gasteiger partial charge in [0.1, 0.15) is 0 Å². The van der Waals surface area contributed by atoms with Crippen molar-refractivity contribution >= 4 is 29.2 Å². The largest absolute Gasteiger partial charge is 0.481 e. The maximum atomic E-state index is 12.5. The first-order chi connectivity index (χ1) is 6.58. The van der Waals surface area contributed by atoms with Gasteiger partial charge in [-0.25, -0.2) is 0 Å². The van der Waals surface area contributed by atoms with Crippen molar-refractivity contribution in [3.05, 3.63) is 11.1 Å². The Morgan fingerprint density at radius 3 is 2.27 bits per heavy atom. The van der Waals surface area contributed by atoms with Crippen LogP contribution >= 0.6 is 23.2 Å². The lowest BCUT2D eigenvalue weighted by Crippen LogP contribution is -2.06. The number of carboxylic acid groups (broad SMARTS) is 1. The van der Waals surface area contributed by atoms with Crippen LogP contribution in [0.5, 0.6) is 0 Å². The second-order valence-electron chi connectivity index (χ2n) is 4.18. The van der Waals surface area contributed by atoms with Gasteiger partial charge in [-0.05, 0) is 22.9 Å². The van der Waals surface area contributed by atoms with Gasteiger partial charge in [0.25, 0.3) is 0 Å².